The number of hydrogen-bond acceptors (Lipinski definition) is 1. The third-order valence-electron chi connectivity index (χ3n) is 3.06. The third-order valence-corrected chi connectivity index (χ3v) is 3.06. The maximum absolute atomic E-state index is 3.56. The summed E-state index contributed by atoms with van der Waals surface area (Å²) >= 11 is 0. The van der Waals surface area contributed by atoms with Crippen LogP contribution >= 0.6 is 0 Å². The van der Waals surface area contributed by atoms with E-state index in [1.165, 1.54) is 32.4 Å². The highest BCUT2D eigenvalue weighted by Gasteiger charge is 2.16. The van der Waals surface area contributed by atoms with E-state index in [-0.39, 0.29) is 0 Å². The van der Waals surface area contributed by atoms with Crippen LogP contribution < -0.4 is 5.32 Å². The van der Waals surface area contributed by atoms with Crippen molar-refractivity contribution in [2.75, 3.05) is 13.1 Å². The Morgan fingerprint density at radius 2 is 1.71 bits per heavy atom. The Bertz CT molecular complexity index is 120. The van der Waals surface area contributed by atoms with E-state index in [2.05, 4.69) is 39.9 Å². The Hall–Kier alpha value is -0.0400. The molecule has 0 amide bonds. The fraction of sp³-hybridized carbons (Fsp3) is 1.00. The summed E-state index contributed by atoms with van der Waals surface area (Å²) in [5.41, 5.74) is 0. The van der Waals surface area contributed by atoms with Gasteiger partial charge in [-0.3, -0.25) is 0 Å². The van der Waals surface area contributed by atoms with Crippen LogP contribution in [0.3, 0.4) is 0 Å². The first kappa shape index (κ1) is 14.0. The summed E-state index contributed by atoms with van der Waals surface area (Å²) in [6.45, 7) is 14.0. The summed E-state index contributed by atoms with van der Waals surface area (Å²) in [6, 6.07) is 0. The van der Waals surface area contributed by atoms with Crippen LogP contribution in [0.5, 0.6) is 0 Å². The van der Waals surface area contributed by atoms with Gasteiger partial charge in [-0.05, 0) is 43.7 Å². The molecule has 0 radical (unpaired) electrons. The zero-order valence-electron chi connectivity index (χ0n) is 10.8. The van der Waals surface area contributed by atoms with Gasteiger partial charge in [0.25, 0.3) is 0 Å². The van der Waals surface area contributed by atoms with Gasteiger partial charge >= 0.3 is 0 Å². The largest absolute Gasteiger partial charge is 0.316 e. The van der Waals surface area contributed by atoms with Crippen molar-refractivity contribution in [2.45, 2.75) is 53.9 Å². The van der Waals surface area contributed by atoms with Gasteiger partial charge in [-0.2, -0.15) is 0 Å². The molecule has 2 unspecified atom stereocenters. The summed E-state index contributed by atoms with van der Waals surface area (Å²) in [7, 11) is 0. The Morgan fingerprint density at radius 1 is 1.07 bits per heavy atom. The van der Waals surface area contributed by atoms with Gasteiger partial charge in [0, 0.05) is 0 Å². The van der Waals surface area contributed by atoms with Crippen LogP contribution in [0.1, 0.15) is 53.9 Å². The summed E-state index contributed by atoms with van der Waals surface area (Å²) in [6.07, 6.45) is 3.92. The van der Waals surface area contributed by atoms with Crippen molar-refractivity contribution in [1.29, 1.82) is 0 Å². The van der Waals surface area contributed by atoms with E-state index in [0.29, 0.717) is 0 Å². The van der Waals surface area contributed by atoms with Crippen LogP contribution in [0.4, 0.5) is 0 Å². The SMILES string of the molecule is CCCNCC(CC(C)C)C(C)CC. The second kappa shape index (κ2) is 8.28. The lowest BCUT2D eigenvalue weighted by Crippen LogP contribution is -2.28. The molecule has 0 spiro atoms. The van der Waals surface area contributed by atoms with Crippen LogP contribution in [-0.4, -0.2) is 13.1 Å². The lowest BCUT2D eigenvalue weighted by atomic mass is 9.85. The van der Waals surface area contributed by atoms with E-state index < -0.39 is 0 Å². The average molecular weight is 199 g/mol. The lowest BCUT2D eigenvalue weighted by molar-refractivity contribution is 0.281. The topological polar surface area (TPSA) is 12.0 Å². The molecule has 0 bridgehead atoms. The molecule has 2 atom stereocenters. The molecule has 14 heavy (non-hydrogen) atoms. The second-order valence-electron chi connectivity index (χ2n) is 4.98. The molecule has 0 aromatic rings. The standard InChI is InChI=1S/C13H29N/c1-6-8-14-10-13(9-11(3)4)12(5)7-2/h11-14H,6-10H2,1-5H3. The molecule has 86 valence electrons. The van der Waals surface area contributed by atoms with Crippen molar-refractivity contribution in [3.05, 3.63) is 0 Å². The number of rotatable bonds is 8. The van der Waals surface area contributed by atoms with E-state index >= 15 is 0 Å². The van der Waals surface area contributed by atoms with E-state index in [1.807, 2.05) is 0 Å². The zero-order valence-corrected chi connectivity index (χ0v) is 10.8. The van der Waals surface area contributed by atoms with Gasteiger partial charge < -0.3 is 5.32 Å². The predicted octanol–water partition coefficient (Wildman–Crippen LogP) is 3.69. The Morgan fingerprint density at radius 3 is 2.14 bits per heavy atom. The summed E-state index contributed by atoms with van der Waals surface area (Å²) in [4.78, 5) is 0. The zero-order chi connectivity index (χ0) is 11.0. The van der Waals surface area contributed by atoms with Gasteiger partial charge in [-0.25, -0.2) is 0 Å². The van der Waals surface area contributed by atoms with Gasteiger partial charge in [0.15, 0.2) is 0 Å². The first-order valence-electron chi connectivity index (χ1n) is 6.32. The third kappa shape index (κ3) is 6.42. The van der Waals surface area contributed by atoms with E-state index in [0.717, 1.165) is 17.8 Å². The normalized spacial score (nSPS) is 15.9. The molecule has 0 saturated carbocycles. The van der Waals surface area contributed by atoms with Gasteiger partial charge in [0.1, 0.15) is 0 Å². The quantitative estimate of drug-likeness (QED) is 0.588. The molecular weight excluding hydrogens is 170 g/mol. The van der Waals surface area contributed by atoms with Crippen molar-refractivity contribution < 1.29 is 0 Å². The van der Waals surface area contributed by atoms with Crippen molar-refractivity contribution in [1.82, 2.24) is 5.32 Å². The van der Waals surface area contributed by atoms with Gasteiger partial charge in [-0.1, -0.05) is 41.0 Å². The highest BCUT2D eigenvalue weighted by atomic mass is 14.9. The second-order valence-corrected chi connectivity index (χ2v) is 4.98. The molecule has 0 heterocycles. The molecule has 1 heteroatoms. The molecule has 0 aromatic heterocycles. The molecular formula is C13H29N. The minimum absolute atomic E-state index is 0.831. The molecule has 0 aliphatic carbocycles. The average Bonchev–Trinajstić information content (AvgIpc) is 2.15. The molecule has 0 saturated heterocycles. The van der Waals surface area contributed by atoms with Crippen molar-refractivity contribution >= 4 is 0 Å². The number of nitrogens with one attached hydrogen (secondary N) is 1. The van der Waals surface area contributed by atoms with Crippen LogP contribution in [0.25, 0.3) is 0 Å². The Balaban J connectivity index is 3.84. The monoisotopic (exact) mass is 199 g/mol. The van der Waals surface area contributed by atoms with E-state index in [4.69, 9.17) is 0 Å². The number of hydrogen-bond donors (Lipinski definition) is 1. The minimum Gasteiger partial charge on any atom is -0.316 e. The van der Waals surface area contributed by atoms with Gasteiger partial charge in [0.2, 0.25) is 0 Å². The van der Waals surface area contributed by atoms with Crippen molar-refractivity contribution in [2.24, 2.45) is 17.8 Å². The molecule has 0 fully saturated rings. The van der Waals surface area contributed by atoms with Crippen LogP contribution in [0.15, 0.2) is 0 Å². The van der Waals surface area contributed by atoms with Crippen molar-refractivity contribution in [3.8, 4) is 0 Å². The van der Waals surface area contributed by atoms with Crippen LogP contribution in [0, 0.1) is 17.8 Å². The first-order chi connectivity index (χ1) is 6.61. The summed E-state index contributed by atoms with van der Waals surface area (Å²) in [5.74, 6) is 2.56. The fourth-order valence-corrected chi connectivity index (χ4v) is 1.92. The molecule has 1 nitrogen and oxygen atoms in total. The smallest absolute Gasteiger partial charge is 0.00179 e. The molecule has 0 aromatic carbocycles. The minimum atomic E-state index is 0.831. The highest BCUT2D eigenvalue weighted by Crippen LogP contribution is 2.22. The lowest BCUT2D eigenvalue weighted by Gasteiger charge is -2.25. The summed E-state index contributed by atoms with van der Waals surface area (Å²) < 4.78 is 0. The van der Waals surface area contributed by atoms with Crippen LogP contribution in [0.2, 0.25) is 0 Å². The van der Waals surface area contributed by atoms with E-state index in [9.17, 15) is 0 Å². The van der Waals surface area contributed by atoms with Crippen molar-refractivity contribution in [3.63, 3.8) is 0 Å². The first-order valence-corrected chi connectivity index (χ1v) is 6.32. The molecule has 0 aliphatic rings. The molecule has 0 rings (SSSR count). The Kier molecular flexibility index (Phi) is 8.26. The predicted molar refractivity (Wildman–Crippen MR) is 65.6 cm³/mol. The van der Waals surface area contributed by atoms with Gasteiger partial charge in [-0.15, -0.1) is 0 Å². The Labute approximate surface area is 90.7 Å². The molecule has 1 N–H and O–H groups in total. The molecule has 0 aliphatic heterocycles. The fourth-order valence-electron chi connectivity index (χ4n) is 1.92. The van der Waals surface area contributed by atoms with Crippen LogP contribution in [-0.2, 0) is 0 Å². The van der Waals surface area contributed by atoms with E-state index in [1.54, 1.807) is 0 Å². The summed E-state index contributed by atoms with van der Waals surface area (Å²) in [5, 5.41) is 3.56. The maximum atomic E-state index is 3.56. The van der Waals surface area contributed by atoms with Gasteiger partial charge in [0.05, 0.1) is 0 Å². The maximum Gasteiger partial charge on any atom is -0.00179 e. The highest BCUT2D eigenvalue weighted by molar-refractivity contribution is 4.69.